The smallest absolute Gasteiger partial charge is 1.00 e. The molecule has 1 radical (unpaired) electrons. The van der Waals surface area contributed by atoms with E-state index in [0.29, 0.717) is 0 Å². The van der Waals surface area contributed by atoms with Crippen LogP contribution in [-0.2, 0) is 22.4 Å². The summed E-state index contributed by atoms with van der Waals surface area (Å²) in [6, 6.07) is 0. The summed E-state index contributed by atoms with van der Waals surface area (Å²) in [6.07, 6.45) is 0. The number of nitriles is 1. The SMILES string of the molecule is C#N.Cl.[Au].[H-].[K+]. The average molecular weight is 301 g/mol. The maximum absolute atomic E-state index is 6.50. The minimum atomic E-state index is 0. The summed E-state index contributed by atoms with van der Waals surface area (Å²) in [5, 5.41) is 6.50. The van der Waals surface area contributed by atoms with Crippen molar-refractivity contribution in [3.63, 3.8) is 0 Å². The van der Waals surface area contributed by atoms with Gasteiger partial charge in [0.15, 0.2) is 0 Å². The van der Waals surface area contributed by atoms with Crippen LogP contribution in [-0.4, -0.2) is 0 Å². The first-order chi connectivity index (χ1) is 1.00. The molecule has 0 saturated heterocycles. The molecule has 5 heavy (non-hydrogen) atoms. The largest absolute Gasteiger partial charge is 1.00 e. The molecular formula is CH3AuClKN. The first kappa shape index (κ1) is 27.2. The first-order valence-corrected chi connectivity index (χ1v) is 0.258. The van der Waals surface area contributed by atoms with Gasteiger partial charge in [-0.2, -0.15) is 0 Å². The number of halogens is 1. The van der Waals surface area contributed by atoms with Crippen molar-refractivity contribution in [2.75, 3.05) is 0 Å². The Balaban J connectivity index is -0.000000000833. The zero-order valence-corrected chi connectivity index (χ0v) is 8.84. The molecule has 0 saturated carbocycles. The molecule has 0 aromatic carbocycles. The van der Waals surface area contributed by atoms with Crippen LogP contribution in [0.25, 0.3) is 0 Å². The van der Waals surface area contributed by atoms with E-state index in [-0.39, 0.29) is 87.6 Å². The number of hydrogen-bond acceptors (Lipinski definition) is 1. The zero-order valence-electron chi connectivity index (χ0n) is 3.73. The third-order valence-corrected chi connectivity index (χ3v) is 0. The minimum absolute atomic E-state index is 0. The Bertz CT molecular complexity index is 20.3. The third-order valence-electron chi connectivity index (χ3n) is 0. The molecule has 0 rings (SSSR count). The number of nitrogens with zero attached hydrogens (tertiary/aromatic N) is 1. The monoisotopic (exact) mass is 300 g/mol. The van der Waals surface area contributed by atoms with E-state index in [1.54, 1.807) is 0 Å². The fourth-order valence-corrected chi connectivity index (χ4v) is 0. The summed E-state index contributed by atoms with van der Waals surface area (Å²) >= 11 is 0. The molecule has 0 N–H and O–H groups in total. The predicted octanol–water partition coefficient (Wildman–Crippen LogP) is -2.32. The van der Waals surface area contributed by atoms with Crippen LogP contribution in [0.5, 0.6) is 0 Å². The summed E-state index contributed by atoms with van der Waals surface area (Å²) in [5.41, 5.74) is 0. The fourth-order valence-electron chi connectivity index (χ4n) is 0. The van der Waals surface area contributed by atoms with Gasteiger partial charge in [-0.3, -0.25) is 0 Å². The van der Waals surface area contributed by atoms with E-state index in [2.05, 4.69) is 6.57 Å². The van der Waals surface area contributed by atoms with Gasteiger partial charge in [0.1, 0.15) is 0 Å². The van der Waals surface area contributed by atoms with Gasteiger partial charge in [-0.1, -0.05) is 0 Å². The van der Waals surface area contributed by atoms with Gasteiger partial charge in [0.2, 0.25) is 0 Å². The van der Waals surface area contributed by atoms with E-state index in [1.807, 2.05) is 0 Å². The van der Waals surface area contributed by atoms with Crippen LogP contribution in [0.1, 0.15) is 1.43 Å². The molecular weight excluding hydrogens is 298 g/mol. The van der Waals surface area contributed by atoms with E-state index >= 15 is 0 Å². The standard InChI is InChI=1S/CHN.Au.ClH.K.H/c1-2;;;;/h1H;;1H;;/q;;;+1;-1. The van der Waals surface area contributed by atoms with Crippen molar-refractivity contribution in [1.29, 1.82) is 5.26 Å². The van der Waals surface area contributed by atoms with Gasteiger partial charge in [-0.15, -0.1) is 12.4 Å². The van der Waals surface area contributed by atoms with Gasteiger partial charge < -0.3 is 1.43 Å². The van der Waals surface area contributed by atoms with E-state index in [9.17, 15) is 0 Å². The van der Waals surface area contributed by atoms with E-state index in [0.717, 1.165) is 0 Å². The molecule has 0 aliphatic rings. The maximum atomic E-state index is 6.50. The van der Waals surface area contributed by atoms with Crippen LogP contribution < -0.4 is 51.4 Å². The fraction of sp³-hybridized carbons (Fsp3) is 0. The predicted molar refractivity (Wildman–Crippen MR) is 15.0 cm³/mol. The summed E-state index contributed by atoms with van der Waals surface area (Å²) in [6.45, 7) is 3.50. The Hall–Kier alpha value is 2.16. The Morgan fingerprint density at radius 3 is 1.40 bits per heavy atom. The van der Waals surface area contributed by atoms with Gasteiger partial charge in [0, 0.05) is 29.0 Å². The summed E-state index contributed by atoms with van der Waals surface area (Å²) < 4.78 is 0. The van der Waals surface area contributed by atoms with Crippen molar-refractivity contribution < 1.29 is 75.2 Å². The molecule has 0 aromatic heterocycles. The zero-order chi connectivity index (χ0) is 2.00. The maximum Gasteiger partial charge on any atom is 1.00 e. The third kappa shape index (κ3) is 22.9. The second kappa shape index (κ2) is 35.2. The number of hydrogen-bond donors (Lipinski definition) is 0. The van der Waals surface area contributed by atoms with Crippen molar-refractivity contribution in [2.24, 2.45) is 0 Å². The Kier molecular flexibility index (Phi) is 192. The number of rotatable bonds is 0. The Labute approximate surface area is 97.3 Å². The molecule has 31 valence electrons. The molecule has 0 bridgehead atoms. The Morgan fingerprint density at radius 2 is 1.40 bits per heavy atom. The van der Waals surface area contributed by atoms with Gasteiger partial charge >= 0.3 is 51.4 Å². The van der Waals surface area contributed by atoms with Crippen LogP contribution in [0, 0.1) is 11.8 Å². The van der Waals surface area contributed by atoms with Crippen molar-refractivity contribution in [1.82, 2.24) is 0 Å². The van der Waals surface area contributed by atoms with Gasteiger partial charge in [0.25, 0.3) is 0 Å². The molecule has 0 aliphatic carbocycles. The van der Waals surface area contributed by atoms with E-state index in [1.165, 1.54) is 0 Å². The van der Waals surface area contributed by atoms with Crippen molar-refractivity contribution in [3.05, 3.63) is 0 Å². The van der Waals surface area contributed by atoms with E-state index in [4.69, 9.17) is 5.26 Å². The topological polar surface area (TPSA) is 23.8 Å². The molecule has 0 heterocycles. The molecule has 1 nitrogen and oxygen atoms in total. The van der Waals surface area contributed by atoms with Crippen LogP contribution in [0.4, 0.5) is 0 Å². The second-order valence-corrected chi connectivity index (χ2v) is 0. The average Bonchev–Trinajstić information content (AvgIpc) is 1.00. The van der Waals surface area contributed by atoms with E-state index < -0.39 is 0 Å². The minimum Gasteiger partial charge on any atom is -1.00 e. The molecule has 0 aromatic rings. The van der Waals surface area contributed by atoms with Crippen LogP contribution in [0.3, 0.4) is 0 Å². The van der Waals surface area contributed by atoms with Gasteiger partial charge in [0.05, 0.1) is 0 Å². The van der Waals surface area contributed by atoms with Gasteiger partial charge in [-0.05, 0) is 0 Å². The quantitative estimate of drug-likeness (QED) is 0.461. The first-order valence-electron chi connectivity index (χ1n) is 0.258. The summed E-state index contributed by atoms with van der Waals surface area (Å²) in [7, 11) is 0. The van der Waals surface area contributed by atoms with Crippen LogP contribution >= 0.6 is 12.4 Å². The van der Waals surface area contributed by atoms with Crippen molar-refractivity contribution in [3.8, 4) is 6.57 Å². The summed E-state index contributed by atoms with van der Waals surface area (Å²) in [4.78, 5) is 0. The molecule has 0 spiro atoms. The molecule has 4 heteroatoms. The molecule has 0 amide bonds. The van der Waals surface area contributed by atoms with Crippen LogP contribution in [0.2, 0.25) is 0 Å². The second-order valence-electron chi connectivity index (χ2n) is 0. The van der Waals surface area contributed by atoms with Crippen molar-refractivity contribution >= 4 is 12.4 Å². The van der Waals surface area contributed by atoms with Gasteiger partial charge in [-0.25, -0.2) is 5.26 Å². The molecule has 0 fully saturated rings. The molecule has 0 unspecified atom stereocenters. The van der Waals surface area contributed by atoms with Crippen LogP contribution in [0.15, 0.2) is 0 Å². The Morgan fingerprint density at radius 1 is 1.40 bits per heavy atom. The normalized spacial score (nSPS) is 0.400. The summed E-state index contributed by atoms with van der Waals surface area (Å²) in [5.74, 6) is 0. The molecule has 0 aliphatic heterocycles. The molecule has 0 atom stereocenters. The van der Waals surface area contributed by atoms with Crippen molar-refractivity contribution in [2.45, 2.75) is 0 Å².